The SMILES string of the molecule is CC(C)(CNC1=NCCCN1)S(=O)(=O)c1ccc(Br)cc1.I. The van der Waals surface area contributed by atoms with Crippen LogP contribution in [0.5, 0.6) is 0 Å². The largest absolute Gasteiger partial charge is 0.356 e. The Morgan fingerprint density at radius 3 is 2.50 bits per heavy atom. The zero-order chi connectivity index (χ0) is 15.5. The molecule has 0 atom stereocenters. The van der Waals surface area contributed by atoms with Gasteiger partial charge in [0, 0.05) is 24.1 Å². The number of aliphatic imine (C=N–C) groups is 1. The number of rotatable bonds is 4. The van der Waals surface area contributed by atoms with Crippen LogP contribution in [0.4, 0.5) is 0 Å². The fourth-order valence-electron chi connectivity index (χ4n) is 1.98. The summed E-state index contributed by atoms with van der Waals surface area (Å²) in [4.78, 5) is 4.62. The van der Waals surface area contributed by atoms with Crippen molar-refractivity contribution in [3.05, 3.63) is 28.7 Å². The summed E-state index contributed by atoms with van der Waals surface area (Å²) >= 11 is 3.31. The molecule has 1 heterocycles. The van der Waals surface area contributed by atoms with E-state index >= 15 is 0 Å². The molecule has 0 aliphatic carbocycles. The van der Waals surface area contributed by atoms with Crippen LogP contribution < -0.4 is 10.6 Å². The number of benzene rings is 1. The minimum absolute atomic E-state index is 0. The van der Waals surface area contributed by atoms with E-state index in [4.69, 9.17) is 0 Å². The van der Waals surface area contributed by atoms with E-state index in [2.05, 4.69) is 31.6 Å². The second-order valence-corrected chi connectivity index (χ2v) is 9.08. The molecule has 2 N–H and O–H groups in total. The minimum Gasteiger partial charge on any atom is -0.356 e. The molecule has 1 aromatic carbocycles. The highest BCUT2D eigenvalue weighted by molar-refractivity contribution is 14.0. The van der Waals surface area contributed by atoms with E-state index in [0.717, 1.165) is 24.0 Å². The van der Waals surface area contributed by atoms with Crippen LogP contribution in [-0.4, -0.2) is 38.8 Å². The number of nitrogens with one attached hydrogen (secondary N) is 2. The quantitative estimate of drug-likeness (QED) is 0.622. The number of sulfone groups is 1. The van der Waals surface area contributed by atoms with Gasteiger partial charge in [-0.25, -0.2) is 8.42 Å². The van der Waals surface area contributed by atoms with Crippen LogP contribution in [0.15, 0.2) is 38.6 Å². The molecular weight excluding hydrogens is 481 g/mol. The summed E-state index contributed by atoms with van der Waals surface area (Å²) in [5.74, 6) is 0.681. The number of guanidine groups is 1. The lowest BCUT2D eigenvalue weighted by molar-refractivity contribution is 0.537. The average molecular weight is 502 g/mol. The molecule has 124 valence electrons. The molecule has 1 aliphatic rings. The molecule has 2 rings (SSSR count). The predicted octanol–water partition coefficient (Wildman–Crippen LogP) is 2.56. The third-order valence-corrected chi connectivity index (χ3v) is 6.45. The third-order valence-electron chi connectivity index (χ3n) is 3.43. The van der Waals surface area contributed by atoms with Gasteiger partial charge in [0.05, 0.1) is 9.64 Å². The van der Waals surface area contributed by atoms with Crippen molar-refractivity contribution < 1.29 is 8.42 Å². The second kappa shape index (κ2) is 7.96. The molecular formula is C14H21BrIN3O2S. The minimum atomic E-state index is -3.42. The second-order valence-electron chi connectivity index (χ2n) is 5.58. The van der Waals surface area contributed by atoms with Gasteiger partial charge in [-0.05, 0) is 44.5 Å². The van der Waals surface area contributed by atoms with Crippen molar-refractivity contribution in [2.75, 3.05) is 19.6 Å². The van der Waals surface area contributed by atoms with Crippen LogP contribution in [0.3, 0.4) is 0 Å². The van der Waals surface area contributed by atoms with Gasteiger partial charge >= 0.3 is 0 Å². The highest BCUT2D eigenvalue weighted by Crippen LogP contribution is 2.26. The molecule has 0 saturated heterocycles. The number of hydrogen-bond donors (Lipinski definition) is 2. The molecule has 0 bridgehead atoms. The average Bonchev–Trinajstić information content (AvgIpc) is 2.46. The van der Waals surface area contributed by atoms with E-state index in [0.29, 0.717) is 17.4 Å². The Labute approximate surface area is 157 Å². The first-order chi connectivity index (χ1) is 9.83. The molecule has 0 saturated carbocycles. The molecule has 0 fully saturated rings. The van der Waals surface area contributed by atoms with Crippen LogP contribution in [0.1, 0.15) is 20.3 Å². The molecule has 1 aliphatic heterocycles. The topological polar surface area (TPSA) is 70.6 Å². The van der Waals surface area contributed by atoms with E-state index in [-0.39, 0.29) is 24.0 Å². The highest BCUT2D eigenvalue weighted by Gasteiger charge is 2.35. The summed E-state index contributed by atoms with van der Waals surface area (Å²) in [5, 5.41) is 6.23. The van der Waals surface area contributed by atoms with Gasteiger partial charge in [-0.15, -0.1) is 24.0 Å². The maximum Gasteiger partial charge on any atom is 0.191 e. The van der Waals surface area contributed by atoms with Gasteiger partial charge < -0.3 is 10.6 Å². The van der Waals surface area contributed by atoms with Crippen LogP contribution in [-0.2, 0) is 9.84 Å². The van der Waals surface area contributed by atoms with Gasteiger partial charge in [-0.3, -0.25) is 4.99 Å². The third kappa shape index (κ3) is 4.58. The Hall–Kier alpha value is -0.350. The zero-order valence-electron chi connectivity index (χ0n) is 12.6. The van der Waals surface area contributed by atoms with E-state index in [9.17, 15) is 8.42 Å². The zero-order valence-corrected chi connectivity index (χ0v) is 17.3. The van der Waals surface area contributed by atoms with Gasteiger partial charge in [0.2, 0.25) is 0 Å². The van der Waals surface area contributed by atoms with E-state index in [1.165, 1.54) is 0 Å². The molecule has 0 unspecified atom stereocenters. The Morgan fingerprint density at radius 1 is 1.32 bits per heavy atom. The summed E-state index contributed by atoms with van der Waals surface area (Å²) in [5.41, 5.74) is 0. The predicted molar refractivity (Wildman–Crippen MR) is 104 cm³/mol. The normalized spacial score (nSPS) is 15.3. The molecule has 5 nitrogen and oxygen atoms in total. The van der Waals surface area contributed by atoms with Gasteiger partial charge in [0.1, 0.15) is 0 Å². The lowest BCUT2D eigenvalue weighted by Crippen LogP contribution is -2.49. The number of nitrogens with zero attached hydrogens (tertiary/aromatic N) is 1. The molecule has 0 amide bonds. The van der Waals surface area contributed by atoms with E-state index < -0.39 is 14.6 Å². The van der Waals surface area contributed by atoms with Crippen molar-refractivity contribution in [1.29, 1.82) is 0 Å². The van der Waals surface area contributed by atoms with E-state index in [1.54, 1.807) is 38.1 Å². The molecule has 8 heteroatoms. The maximum atomic E-state index is 12.7. The van der Waals surface area contributed by atoms with Crippen LogP contribution in [0, 0.1) is 0 Å². The van der Waals surface area contributed by atoms with E-state index in [1.807, 2.05) is 0 Å². The molecule has 0 spiro atoms. The number of halogens is 2. The summed E-state index contributed by atoms with van der Waals surface area (Å²) in [6.07, 6.45) is 1.01. The fourth-order valence-corrected chi connectivity index (χ4v) is 3.63. The van der Waals surface area contributed by atoms with Crippen molar-refractivity contribution in [1.82, 2.24) is 10.6 Å². The molecule has 22 heavy (non-hydrogen) atoms. The standard InChI is InChI=1S/C14H20BrN3O2S.HI/c1-14(2,10-18-13-16-8-3-9-17-13)21(19,20)12-6-4-11(15)5-7-12;/h4-7H,3,8-10H2,1-2H3,(H2,16,17,18);1H. The van der Waals surface area contributed by atoms with Gasteiger partial charge in [0.15, 0.2) is 15.8 Å². The smallest absolute Gasteiger partial charge is 0.191 e. The molecule has 0 radical (unpaired) electrons. The lowest BCUT2D eigenvalue weighted by atomic mass is 10.2. The Balaban J connectivity index is 0.00000242. The summed E-state index contributed by atoms with van der Waals surface area (Å²) in [6.45, 7) is 5.39. The molecule has 1 aromatic rings. The Kier molecular flexibility index (Phi) is 7.13. The van der Waals surface area contributed by atoms with Crippen LogP contribution in [0.25, 0.3) is 0 Å². The highest BCUT2D eigenvalue weighted by atomic mass is 127. The maximum absolute atomic E-state index is 12.7. The first kappa shape index (κ1) is 19.7. The fraction of sp³-hybridized carbons (Fsp3) is 0.500. The van der Waals surface area contributed by atoms with Gasteiger partial charge in [-0.2, -0.15) is 0 Å². The number of hydrogen-bond acceptors (Lipinski definition) is 5. The summed E-state index contributed by atoms with van der Waals surface area (Å²) in [7, 11) is -3.42. The van der Waals surface area contributed by atoms with Crippen molar-refractivity contribution >= 4 is 55.7 Å². The van der Waals surface area contributed by atoms with Crippen molar-refractivity contribution in [3.63, 3.8) is 0 Å². The molecule has 0 aromatic heterocycles. The first-order valence-corrected chi connectivity index (χ1v) is 9.13. The lowest BCUT2D eigenvalue weighted by Gasteiger charge is -2.27. The van der Waals surface area contributed by atoms with Crippen molar-refractivity contribution in [2.45, 2.75) is 29.9 Å². The van der Waals surface area contributed by atoms with Crippen molar-refractivity contribution in [3.8, 4) is 0 Å². The van der Waals surface area contributed by atoms with Gasteiger partial charge in [-0.1, -0.05) is 15.9 Å². The Morgan fingerprint density at radius 2 is 1.95 bits per heavy atom. The summed E-state index contributed by atoms with van der Waals surface area (Å²) < 4.78 is 25.4. The van der Waals surface area contributed by atoms with Gasteiger partial charge in [0.25, 0.3) is 0 Å². The monoisotopic (exact) mass is 501 g/mol. The summed E-state index contributed by atoms with van der Waals surface area (Å²) in [6, 6.07) is 6.72. The van der Waals surface area contributed by atoms with Crippen LogP contribution >= 0.6 is 39.9 Å². The first-order valence-electron chi connectivity index (χ1n) is 6.85. The Bertz CT molecular complexity index is 630. The van der Waals surface area contributed by atoms with Crippen LogP contribution in [0.2, 0.25) is 0 Å². The van der Waals surface area contributed by atoms with Crippen molar-refractivity contribution in [2.24, 2.45) is 4.99 Å².